The molecule has 100 valence electrons. The molecule has 1 amide bonds. The molecule has 2 atom stereocenters. The van der Waals surface area contributed by atoms with Gasteiger partial charge in [-0.15, -0.1) is 11.3 Å². The van der Waals surface area contributed by atoms with Crippen LogP contribution in [0.1, 0.15) is 29.3 Å². The predicted molar refractivity (Wildman–Crippen MR) is 79.1 cm³/mol. The minimum atomic E-state index is -0.0633. The van der Waals surface area contributed by atoms with Gasteiger partial charge in [0.25, 0.3) is 0 Å². The summed E-state index contributed by atoms with van der Waals surface area (Å²) in [5, 5.41) is 3.39. The Balaban J connectivity index is 2.09. The van der Waals surface area contributed by atoms with E-state index in [0.717, 1.165) is 18.7 Å². The number of nitrogens with one attached hydrogen (secondary N) is 1. The monoisotopic (exact) mass is 284 g/mol. The Morgan fingerprint density at radius 1 is 1.50 bits per heavy atom. The van der Waals surface area contributed by atoms with E-state index < -0.39 is 0 Å². The Kier molecular flexibility index (Phi) is 4.70. The SMILES string of the molecule is CSCCCN1C(=O)C(C)NC1c1ccc(C)s1. The van der Waals surface area contributed by atoms with Crippen molar-refractivity contribution in [2.75, 3.05) is 18.6 Å². The molecular formula is C13H20N2OS2. The van der Waals surface area contributed by atoms with Gasteiger partial charge < -0.3 is 4.90 Å². The fraction of sp³-hybridized carbons (Fsp3) is 0.615. The summed E-state index contributed by atoms with van der Waals surface area (Å²) in [5.41, 5.74) is 0. The van der Waals surface area contributed by atoms with Gasteiger partial charge in [-0.3, -0.25) is 10.1 Å². The third-order valence-corrected chi connectivity index (χ3v) is 4.90. The highest BCUT2D eigenvalue weighted by atomic mass is 32.2. The molecule has 2 rings (SSSR count). The first-order chi connectivity index (χ1) is 8.63. The molecule has 0 saturated carbocycles. The molecule has 0 aromatic carbocycles. The normalized spacial score (nSPS) is 23.9. The number of rotatable bonds is 5. The summed E-state index contributed by atoms with van der Waals surface area (Å²) in [6, 6.07) is 4.19. The molecular weight excluding hydrogens is 264 g/mol. The molecule has 0 spiro atoms. The van der Waals surface area contributed by atoms with Crippen LogP contribution < -0.4 is 5.32 Å². The van der Waals surface area contributed by atoms with Crippen LogP contribution in [0.4, 0.5) is 0 Å². The highest BCUT2D eigenvalue weighted by Gasteiger charge is 2.37. The van der Waals surface area contributed by atoms with Gasteiger partial charge in [0.1, 0.15) is 6.17 Å². The minimum Gasteiger partial charge on any atom is -0.321 e. The van der Waals surface area contributed by atoms with Gasteiger partial charge in [-0.1, -0.05) is 0 Å². The average Bonchev–Trinajstić information content (AvgIpc) is 2.88. The first-order valence-corrected chi connectivity index (χ1v) is 8.46. The molecule has 18 heavy (non-hydrogen) atoms. The maximum atomic E-state index is 12.2. The molecule has 1 fully saturated rings. The lowest BCUT2D eigenvalue weighted by Crippen LogP contribution is -2.31. The van der Waals surface area contributed by atoms with Crippen LogP contribution >= 0.6 is 23.1 Å². The Bertz CT molecular complexity index is 419. The van der Waals surface area contributed by atoms with E-state index in [-0.39, 0.29) is 18.1 Å². The van der Waals surface area contributed by atoms with E-state index in [9.17, 15) is 4.79 Å². The maximum absolute atomic E-state index is 12.2. The Labute approximate surface area is 117 Å². The molecule has 5 heteroatoms. The number of aryl methyl sites for hydroxylation is 1. The van der Waals surface area contributed by atoms with E-state index in [0.29, 0.717) is 0 Å². The largest absolute Gasteiger partial charge is 0.321 e. The summed E-state index contributed by atoms with van der Waals surface area (Å²) in [7, 11) is 0. The van der Waals surface area contributed by atoms with Crippen LogP contribution in [-0.2, 0) is 4.79 Å². The first kappa shape index (κ1) is 13.9. The number of amides is 1. The molecule has 2 unspecified atom stereocenters. The van der Waals surface area contributed by atoms with Crippen molar-refractivity contribution in [1.29, 1.82) is 0 Å². The third-order valence-electron chi connectivity index (χ3n) is 3.15. The highest BCUT2D eigenvalue weighted by Crippen LogP contribution is 2.30. The standard InChI is InChI=1S/C13H20N2OS2/c1-9-5-6-11(18-9)12-14-10(2)13(16)15(12)7-4-8-17-3/h5-6,10,12,14H,4,7-8H2,1-3H3. The predicted octanol–water partition coefficient (Wildman–Crippen LogP) is 2.63. The number of hydrogen-bond acceptors (Lipinski definition) is 4. The molecule has 3 nitrogen and oxygen atoms in total. The van der Waals surface area contributed by atoms with Crippen molar-refractivity contribution in [3.05, 3.63) is 21.9 Å². The number of carbonyl (C=O) groups is 1. The van der Waals surface area contributed by atoms with Gasteiger partial charge in [0.05, 0.1) is 6.04 Å². The van der Waals surface area contributed by atoms with Crippen LogP contribution in [0.2, 0.25) is 0 Å². The van der Waals surface area contributed by atoms with Gasteiger partial charge in [0, 0.05) is 16.3 Å². The Morgan fingerprint density at radius 2 is 2.28 bits per heavy atom. The number of thioether (sulfide) groups is 1. The molecule has 1 saturated heterocycles. The molecule has 1 aliphatic rings. The summed E-state index contributed by atoms with van der Waals surface area (Å²) in [5.74, 6) is 1.33. The van der Waals surface area contributed by atoms with E-state index in [2.05, 4.69) is 30.6 Å². The number of thiophene rings is 1. The van der Waals surface area contributed by atoms with E-state index in [1.54, 1.807) is 11.3 Å². The fourth-order valence-corrected chi connectivity index (χ4v) is 3.60. The average molecular weight is 284 g/mol. The molecule has 2 heterocycles. The summed E-state index contributed by atoms with van der Waals surface area (Å²) >= 11 is 3.60. The van der Waals surface area contributed by atoms with E-state index in [1.165, 1.54) is 9.75 Å². The zero-order valence-electron chi connectivity index (χ0n) is 11.1. The van der Waals surface area contributed by atoms with Crippen LogP contribution in [0.5, 0.6) is 0 Å². The minimum absolute atomic E-state index is 0.0633. The molecule has 0 radical (unpaired) electrons. The van der Waals surface area contributed by atoms with Crippen LogP contribution in [0.15, 0.2) is 12.1 Å². The van der Waals surface area contributed by atoms with Crippen LogP contribution in [0.25, 0.3) is 0 Å². The second kappa shape index (κ2) is 6.08. The molecule has 0 aliphatic carbocycles. The van der Waals surface area contributed by atoms with Crippen molar-refractivity contribution >= 4 is 29.0 Å². The number of hydrogen-bond donors (Lipinski definition) is 1. The van der Waals surface area contributed by atoms with E-state index in [4.69, 9.17) is 0 Å². The molecule has 1 aromatic rings. The van der Waals surface area contributed by atoms with Gasteiger partial charge in [-0.05, 0) is 44.4 Å². The van der Waals surface area contributed by atoms with Crippen molar-refractivity contribution in [1.82, 2.24) is 10.2 Å². The van der Waals surface area contributed by atoms with E-state index in [1.807, 2.05) is 23.6 Å². The summed E-state index contributed by atoms with van der Waals surface area (Å²) in [6.45, 7) is 4.90. The van der Waals surface area contributed by atoms with Crippen LogP contribution in [0, 0.1) is 6.92 Å². The van der Waals surface area contributed by atoms with E-state index >= 15 is 0 Å². The smallest absolute Gasteiger partial charge is 0.241 e. The zero-order chi connectivity index (χ0) is 13.1. The molecule has 1 aliphatic heterocycles. The zero-order valence-corrected chi connectivity index (χ0v) is 12.7. The Morgan fingerprint density at radius 3 is 2.89 bits per heavy atom. The van der Waals surface area contributed by atoms with Crippen LogP contribution in [0.3, 0.4) is 0 Å². The second-order valence-electron chi connectivity index (χ2n) is 4.62. The summed E-state index contributed by atoms with van der Waals surface area (Å²) in [4.78, 5) is 16.7. The summed E-state index contributed by atoms with van der Waals surface area (Å²) in [6.07, 6.45) is 3.24. The topological polar surface area (TPSA) is 32.3 Å². The lowest BCUT2D eigenvalue weighted by Gasteiger charge is -2.23. The van der Waals surface area contributed by atoms with Gasteiger partial charge in [0.2, 0.25) is 5.91 Å². The number of carbonyl (C=O) groups excluding carboxylic acids is 1. The van der Waals surface area contributed by atoms with Gasteiger partial charge in [-0.2, -0.15) is 11.8 Å². The third kappa shape index (κ3) is 2.90. The molecule has 1 N–H and O–H groups in total. The molecule has 0 bridgehead atoms. The van der Waals surface area contributed by atoms with Gasteiger partial charge >= 0.3 is 0 Å². The second-order valence-corrected chi connectivity index (χ2v) is 6.92. The van der Waals surface area contributed by atoms with Crippen molar-refractivity contribution in [3.63, 3.8) is 0 Å². The lowest BCUT2D eigenvalue weighted by molar-refractivity contribution is -0.129. The van der Waals surface area contributed by atoms with Crippen molar-refractivity contribution in [2.24, 2.45) is 0 Å². The van der Waals surface area contributed by atoms with Crippen molar-refractivity contribution in [3.8, 4) is 0 Å². The van der Waals surface area contributed by atoms with Crippen molar-refractivity contribution < 1.29 is 4.79 Å². The fourth-order valence-electron chi connectivity index (χ4n) is 2.23. The summed E-state index contributed by atoms with van der Waals surface area (Å²) < 4.78 is 0. The number of nitrogens with zero attached hydrogens (tertiary/aromatic N) is 1. The Hall–Kier alpha value is -0.520. The van der Waals surface area contributed by atoms with Crippen LogP contribution in [-0.4, -0.2) is 35.4 Å². The van der Waals surface area contributed by atoms with Gasteiger partial charge in [-0.25, -0.2) is 0 Å². The quantitative estimate of drug-likeness (QED) is 0.844. The maximum Gasteiger partial charge on any atom is 0.241 e. The van der Waals surface area contributed by atoms with Gasteiger partial charge in [0.15, 0.2) is 0 Å². The first-order valence-electron chi connectivity index (χ1n) is 6.25. The lowest BCUT2D eigenvalue weighted by atomic mass is 10.3. The van der Waals surface area contributed by atoms with Crippen molar-refractivity contribution in [2.45, 2.75) is 32.5 Å². The highest BCUT2D eigenvalue weighted by molar-refractivity contribution is 7.98. The molecule has 1 aromatic heterocycles.